The highest BCUT2D eigenvalue weighted by atomic mass is 32.2. The third kappa shape index (κ3) is 4.14. The zero-order valence-electron chi connectivity index (χ0n) is 22.7. The highest BCUT2D eigenvalue weighted by molar-refractivity contribution is 8.12. The van der Waals surface area contributed by atoms with E-state index in [4.69, 9.17) is 12.2 Å². The topological polar surface area (TPSA) is 56.7 Å². The summed E-state index contributed by atoms with van der Waals surface area (Å²) in [6.07, 6.45) is 3.93. The fraction of sp³-hybridized carbons (Fsp3) is 0.267. The number of thioether (sulfide) groups is 2. The van der Waals surface area contributed by atoms with E-state index in [-0.39, 0.29) is 27.6 Å². The summed E-state index contributed by atoms with van der Waals surface area (Å²) in [7, 11) is 0. The van der Waals surface area contributed by atoms with E-state index in [2.05, 4.69) is 15.8 Å². The number of phenols is 1. The second kappa shape index (κ2) is 9.67. The molecule has 4 nitrogen and oxygen atoms in total. The van der Waals surface area contributed by atoms with Gasteiger partial charge in [0.05, 0.1) is 15.7 Å². The van der Waals surface area contributed by atoms with E-state index < -0.39 is 38.4 Å². The van der Waals surface area contributed by atoms with E-state index in [0.717, 1.165) is 17.4 Å². The third-order valence-corrected chi connectivity index (χ3v) is 11.6. The zero-order chi connectivity index (χ0) is 31.2. The predicted octanol–water partition coefficient (Wildman–Crippen LogP) is 8.49. The fourth-order valence-corrected chi connectivity index (χ4v) is 9.13. The van der Waals surface area contributed by atoms with Gasteiger partial charge in [0, 0.05) is 27.3 Å². The lowest BCUT2D eigenvalue weighted by Gasteiger charge is -2.47. The van der Waals surface area contributed by atoms with Crippen LogP contribution >= 0.6 is 35.7 Å². The molecule has 43 heavy (non-hydrogen) atoms. The van der Waals surface area contributed by atoms with Gasteiger partial charge in [-0.3, -0.25) is 5.43 Å². The van der Waals surface area contributed by atoms with Gasteiger partial charge in [-0.2, -0.15) is 31.4 Å². The average molecular weight is 652 g/mol. The maximum absolute atomic E-state index is 15.4. The molecule has 0 amide bonds. The number of hydrazone groups is 1. The number of hydrogen-bond acceptors (Lipinski definition) is 5. The maximum atomic E-state index is 15.4. The molecule has 3 N–H and O–H groups in total. The van der Waals surface area contributed by atoms with Crippen molar-refractivity contribution in [1.29, 1.82) is 0 Å². The molecule has 2 aliphatic heterocycles. The number of anilines is 1. The molecule has 0 aromatic heterocycles. The number of nitrogens with one attached hydrogen (secondary N) is 2. The number of para-hydroxylation sites is 1. The van der Waals surface area contributed by atoms with Crippen molar-refractivity contribution in [3.63, 3.8) is 0 Å². The molecular weight excluding hydrogens is 629 g/mol. The van der Waals surface area contributed by atoms with Gasteiger partial charge in [-0.05, 0) is 91.0 Å². The largest absolute Gasteiger partial charge is 0.507 e. The molecular formula is C30H23F6N3OS3. The minimum absolute atomic E-state index is 0.142. The lowest BCUT2D eigenvalue weighted by atomic mass is 9.71. The molecule has 224 valence electrons. The number of rotatable bonds is 4. The molecule has 13 heteroatoms. The Morgan fingerprint density at radius 2 is 1.49 bits per heavy atom. The Bertz CT molecular complexity index is 1730. The van der Waals surface area contributed by atoms with E-state index in [1.54, 1.807) is 32.9 Å². The van der Waals surface area contributed by atoms with E-state index in [1.165, 1.54) is 48.3 Å². The van der Waals surface area contributed by atoms with Crippen molar-refractivity contribution < 1.29 is 31.4 Å². The molecule has 2 atom stereocenters. The fourth-order valence-electron chi connectivity index (χ4n) is 5.88. The highest BCUT2D eigenvalue weighted by Crippen LogP contribution is 2.74. The van der Waals surface area contributed by atoms with Crippen molar-refractivity contribution in [3.05, 3.63) is 99.0 Å². The van der Waals surface area contributed by atoms with E-state index >= 15 is 17.6 Å². The average Bonchev–Trinajstić information content (AvgIpc) is 3.48. The summed E-state index contributed by atoms with van der Waals surface area (Å²) in [5.41, 5.74) is 1.02. The third-order valence-electron chi connectivity index (χ3n) is 8.16. The predicted molar refractivity (Wildman–Crippen MR) is 164 cm³/mol. The molecule has 0 bridgehead atoms. The standard InChI is InChI=1S/C30H23F6N3OS3/c1-15-11-19-23-24(29(33,34)30(35,36)28(23,31)32)20-13-22(43-27(20,3)26(19,2)42-15)16-9-10-21(40)17(12-16)14-37-39-25(41)38-18-7-5-4-6-8-18/h4-14,40H,1-3H3,(H2,38,39,41)/b37-14+. The van der Waals surface area contributed by atoms with Gasteiger partial charge in [-0.25, -0.2) is 0 Å². The lowest BCUT2D eigenvalue weighted by molar-refractivity contribution is -0.258. The first-order valence-corrected chi connectivity index (χ1v) is 15.0. The molecule has 0 radical (unpaired) electrons. The van der Waals surface area contributed by atoms with Crippen LogP contribution in [-0.4, -0.2) is 43.7 Å². The minimum Gasteiger partial charge on any atom is -0.507 e. The zero-order valence-corrected chi connectivity index (χ0v) is 25.2. The Balaban J connectivity index is 1.39. The summed E-state index contributed by atoms with van der Waals surface area (Å²) in [6.45, 7) is 4.89. The van der Waals surface area contributed by atoms with Crippen LogP contribution < -0.4 is 10.7 Å². The van der Waals surface area contributed by atoms with Crippen LogP contribution in [0.5, 0.6) is 5.75 Å². The summed E-state index contributed by atoms with van der Waals surface area (Å²) in [5.74, 6) is -15.9. The number of fused-ring (bicyclic) bond motifs is 4. The first-order valence-electron chi connectivity index (χ1n) is 13.0. The van der Waals surface area contributed by atoms with Crippen LogP contribution in [0.2, 0.25) is 0 Å². The normalized spacial score (nSPS) is 27.9. The van der Waals surface area contributed by atoms with Crippen molar-refractivity contribution in [2.45, 2.75) is 48.0 Å². The molecule has 0 saturated heterocycles. The SMILES string of the molecule is CC1=CC2=C3C(=C4C=C(c5ccc(O)c(/C=N/NC(=S)Nc6ccccc6)c5)SC4(C)C2(C)S1)C(F)(F)C(F)(F)C3(F)F. The number of halogens is 6. The number of hydrogen-bond donors (Lipinski definition) is 3. The first kappa shape index (κ1) is 29.9. The van der Waals surface area contributed by atoms with Gasteiger partial charge < -0.3 is 10.4 Å². The van der Waals surface area contributed by atoms with E-state index in [9.17, 15) is 13.9 Å². The van der Waals surface area contributed by atoms with Gasteiger partial charge >= 0.3 is 17.8 Å². The monoisotopic (exact) mass is 651 g/mol. The van der Waals surface area contributed by atoms with Crippen molar-refractivity contribution in [3.8, 4) is 5.75 Å². The van der Waals surface area contributed by atoms with Crippen molar-refractivity contribution >= 4 is 57.7 Å². The highest BCUT2D eigenvalue weighted by Gasteiger charge is 2.84. The number of benzene rings is 2. The number of thiocarbonyl (C=S) groups is 1. The van der Waals surface area contributed by atoms with Gasteiger partial charge in [0.25, 0.3) is 0 Å². The van der Waals surface area contributed by atoms with E-state index in [0.29, 0.717) is 15.4 Å². The Morgan fingerprint density at radius 3 is 2.14 bits per heavy atom. The number of alkyl halides is 6. The van der Waals surface area contributed by atoms with Gasteiger partial charge in [0.1, 0.15) is 5.75 Å². The Labute approximate surface area is 257 Å². The second-order valence-corrected chi connectivity index (χ2v) is 14.3. The molecule has 2 aromatic rings. The van der Waals surface area contributed by atoms with Gasteiger partial charge in [-0.15, -0.1) is 23.5 Å². The van der Waals surface area contributed by atoms with Crippen LogP contribution in [0.1, 0.15) is 31.9 Å². The Hall–Kier alpha value is -3.16. The maximum Gasteiger partial charge on any atom is 0.380 e. The van der Waals surface area contributed by atoms with Crippen LogP contribution in [0.3, 0.4) is 0 Å². The summed E-state index contributed by atoms with van der Waals surface area (Å²) < 4.78 is 88.3. The lowest BCUT2D eigenvalue weighted by Crippen LogP contribution is -2.48. The summed E-state index contributed by atoms with van der Waals surface area (Å²) in [4.78, 5) is 0.959. The minimum atomic E-state index is -5.60. The summed E-state index contributed by atoms with van der Waals surface area (Å²) >= 11 is 7.56. The van der Waals surface area contributed by atoms with Crippen molar-refractivity contribution in [2.24, 2.45) is 5.10 Å². The smallest absolute Gasteiger partial charge is 0.380 e. The number of phenolic OH excluding ortho intramolecular Hbond substituents is 1. The number of allylic oxidation sites excluding steroid dienone is 5. The van der Waals surface area contributed by atoms with Gasteiger partial charge in [0.2, 0.25) is 0 Å². The van der Waals surface area contributed by atoms with Crippen LogP contribution in [-0.2, 0) is 0 Å². The molecule has 2 aromatic carbocycles. The van der Waals surface area contributed by atoms with Crippen LogP contribution in [0, 0.1) is 0 Å². The van der Waals surface area contributed by atoms with Crippen LogP contribution in [0.4, 0.5) is 32.0 Å². The molecule has 4 aliphatic rings. The Kier molecular flexibility index (Phi) is 6.72. The summed E-state index contributed by atoms with van der Waals surface area (Å²) in [5, 5.41) is 17.6. The summed E-state index contributed by atoms with van der Waals surface area (Å²) in [6, 6.07) is 13.6. The Morgan fingerprint density at radius 1 is 0.884 bits per heavy atom. The number of nitrogens with zero attached hydrogens (tertiary/aromatic N) is 1. The second-order valence-electron chi connectivity index (χ2n) is 10.8. The molecule has 2 unspecified atom stereocenters. The van der Waals surface area contributed by atoms with Gasteiger partial charge in [0.15, 0.2) is 5.11 Å². The van der Waals surface area contributed by atoms with Gasteiger partial charge in [-0.1, -0.05) is 24.3 Å². The van der Waals surface area contributed by atoms with E-state index in [1.807, 2.05) is 18.2 Å². The molecule has 2 aliphatic carbocycles. The molecule has 0 spiro atoms. The first-order chi connectivity index (χ1) is 20.0. The van der Waals surface area contributed by atoms with Crippen LogP contribution in [0.25, 0.3) is 4.91 Å². The molecule has 1 saturated carbocycles. The molecule has 2 heterocycles. The molecule has 1 fully saturated rings. The van der Waals surface area contributed by atoms with Crippen molar-refractivity contribution in [2.75, 3.05) is 5.32 Å². The van der Waals surface area contributed by atoms with Crippen molar-refractivity contribution in [1.82, 2.24) is 5.43 Å². The van der Waals surface area contributed by atoms with Crippen LogP contribution in [0.15, 0.2) is 93.0 Å². The molecule has 6 rings (SSSR count). The quantitative estimate of drug-likeness (QED) is 0.134. The number of aromatic hydroxyl groups is 1.